The molecule has 1 aromatic heterocycles. The maximum absolute atomic E-state index is 8.59. The second-order valence-corrected chi connectivity index (χ2v) is 7.28. The summed E-state index contributed by atoms with van der Waals surface area (Å²) in [5.74, 6) is 1.27. The van der Waals surface area contributed by atoms with E-state index in [1.165, 1.54) is 5.56 Å². The summed E-state index contributed by atoms with van der Waals surface area (Å²) in [6.45, 7) is 9.86. The molecule has 0 aliphatic heterocycles. The Balaban J connectivity index is 0.000000970. The van der Waals surface area contributed by atoms with Gasteiger partial charge in [-0.3, -0.25) is 0 Å². The molecule has 1 heterocycles. The Labute approximate surface area is 163 Å². The van der Waals surface area contributed by atoms with Gasteiger partial charge in [-0.1, -0.05) is 17.7 Å². The molecule has 4 nitrogen and oxygen atoms in total. The van der Waals surface area contributed by atoms with Gasteiger partial charge in [-0.2, -0.15) is 10.3 Å². The average molecular weight is 420 g/mol. The summed E-state index contributed by atoms with van der Waals surface area (Å²) in [7, 11) is 9.53. The van der Waals surface area contributed by atoms with Gasteiger partial charge in [0.05, 0.1) is 17.1 Å². The van der Waals surface area contributed by atoms with Crippen molar-refractivity contribution in [2.24, 2.45) is 9.98 Å². The summed E-state index contributed by atoms with van der Waals surface area (Å²) in [5, 5.41) is 8.59. The van der Waals surface area contributed by atoms with Crippen LogP contribution in [0.5, 0.6) is 0 Å². The molecule has 2 rings (SSSR count). The van der Waals surface area contributed by atoms with Crippen LogP contribution >= 0.6 is 20.2 Å². The molecule has 0 atom stereocenters. The van der Waals surface area contributed by atoms with Gasteiger partial charge in [0.2, 0.25) is 6.19 Å². The second kappa shape index (κ2) is 10.4. The fourth-order valence-corrected chi connectivity index (χ4v) is 2.43. The summed E-state index contributed by atoms with van der Waals surface area (Å²) < 4.78 is 5.72. The Kier molecular flexibility index (Phi) is 8.96. The molecule has 134 valence electrons. The van der Waals surface area contributed by atoms with E-state index in [-0.39, 0.29) is 13.1 Å². The standard InChI is InChI=1S/C18H19N3O.2ClH.Fe/c1-11-8-12(2)18(13(3)9-11)21-15(5)17-7-6-16(22-17)14(4)20-10-19;;;/h6-9H,1-5H3;2*1H;/q;;;+2/p-2. The summed E-state index contributed by atoms with van der Waals surface area (Å²) >= 11 is 0.194. The molecule has 0 aliphatic carbocycles. The molecular formula is C18H19Cl2FeN3O. The molecule has 0 bridgehead atoms. The Bertz CT molecular complexity index is 812. The van der Waals surface area contributed by atoms with Gasteiger partial charge < -0.3 is 4.42 Å². The predicted octanol–water partition coefficient (Wildman–Crippen LogP) is 6.01. The molecule has 0 amide bonds. The summed E-state index contributed by atoms with van der Waals surface area (Å²) in [4.78, 5) is 8.38. The summed E-state index contributed by atoms with van der Waals surface area (Å²) in [6.07, 6.45) is 1.76. The SMILES string of the molecule is CC(=NC#N)c1ccc(C(C)=Nc2c(C)cc(C)cc2C)o1.[Cl][Fe][Cl]. The molecule has 0 N–H and O–H groups in total. The van der Waals surface area contributed by atoms with E-state index in [9.17, 15) is 0 Å². The first-order chi connectivity index (χ1) is 11.8. The fourth-order valence-electron chi connectivity index (χ4n) is 2.43. The molecule has 2 aromatic rings. The number of hydrogen-bond acceptors (Lipinski definition) is 4. The minimum atomic E-state index is 0.194. The maximum atomic E-state index is 8.59. The van der Waals surface area contributed by atoms with Crippen molar-refractivity contribution in [1.82, 2.24) is 0 Å². The van der Waals surface area contributed by atoms with Crippen LogP contribution in [0.25, 0.3) is 0 Å². The Morgan fingerprint density at radius 2 is 1.52 bits per heavy atom. The number of halogens is 2. The van der Waals surface area contributed by atoms with Gasteiger partial charge in [0.1, 0.15) is 11.5 Å². The molecule has 0 saturated carbocycles. The van der Waals surface area contributed by atoms with Gasteiger partial charge >= 0.3 is 33.3 Å². The zero-order chi connectivity index (χ0) is 19.0. The van der Waals surface area contributed by atoms with Gasteiger partial charge in [0.15, 0.2) is 0 Å². The van der Waals surface area contributed by atoms with E-state index in [0.717, 1.165) is 22.5 Å². The number of benzene rings is 1. The number of aliphatic imine (C=N–C) groups is 2. The molecule has 1 aromatic carbocycles. The van der Waals surface area contributed by atoms with Crippen LogP contribution in [0.15, 0.2) is 38.7 Å². The van der Waals surface area contributed by atoms with E-state index in [2.05, 4.69) is 37.9 Å². The van der Waals surface area contributed by atoms with Crippen molar-refractivity contribution in [2.45, 2.75) is 34.6 Å². The monoisotopic (exact) mass is 419 g/mol. The van der Waals surface area contributed by atoms with Crippen LogP contribution < -0.4 is 0 Å². The first kappa shape index (κ1) is 21.5. The number of furan rings is 1. The van der Waals surface area contributed by atoms with E-state index in [1.807, 2.05) is 13.0 Å². The van der Waals surface area contributed by atoms with Crippen LogP contribution in [0.4, 0.5) is 5.69 Å². The molecule has 7 heteroatoms. The van der Waals surface area contributed by atoms with E-state index < -0.39 is 0 Å². The van der Waals surface area contributed by atoms with Crippen LogP contribution in [0.3, 0.4) is 0 Å². The molecule has 0 saturated heterocycles. The first-order valence-corrected chi connectivity index (χ1v) is 10.4. The van der Waals surface area contributed by atoms with Crippen LogP contribution in [-0.4, -0.2) is 11.4 Å². The van der Waals surface area contributed by atoms with Crippen molar-refractivity contribution in [3.63, 3.8) is 0 Å². The third kappa shape index (κ3) is 6.34. The van der Waals surface area contributed by atoms with Crippen molar-refractivity contribution in [1.29, 1.82) is 5.26 Å². The Hall–Kier alpha value is -1.57. The van der Waals surface area contributed by atoms with Crippen LogP contribution in [0.1, 0.15) is 42.1 Å². The van der Waals surface area contributed by atoms with Gasteiger partial charge in [0.25, 0.3) is 0 Å². The number of nitriles is 1. The summed E-state index contributed by atoms with van der Waals surface area (Å²) in [6, 6.07) is 7.90. The zero-order valence-electron chi connectivity index (χ0n) is 14.7. The van der Waals surface area contributed by atoms with E-state index in [4.69, 9.17) is 34.9 Å². The van der Waals surface area contributed by atoms with E-state index >= 15 is 0 Å². The number of rotatable bonds is 3. The van der Waals surface area contributed by atoms with Crippen molar-refractivity contribution in [2.75, 3.05) is 0 Å². The van der Waals surface area contributed by atoms with Crippen LogP contribution in [0, 0.1) is 32.2 Å². The fraction of sp³-hybridized carbons (Fsp3) is 0.278. The Morgan fingerprint density at radius 3 is 2.00 bits per heavy atom. The van der Waals surface area contributed by atoms with Crippen molar-refractivity contribution in [3.05, 3.63) is 52.5 Å². The van der Waals surface area contributed by atoms with Gasteiger partial charge in [0, 0.05) is 0 Å². The van der Waals surface area contributed by atoms with Gasteiger partial charge in [-0.25, -0.2) is 4.99 Å². The molecule has 0 radical (unpaired) electrons. The molecular weight excluding hydrogens is 401 g/mol. The average Bonchev–Trinajstić information content (AvgIpc) is 3.02. The molecule has 0 fully saturated rings. The molecule has 0 unspecified atom stereocenters. The predicted molar refractivity (Wildman–Crippen MR) is 101 cm³/mol. The summed E-state index contributed by atoms with van der Waals surface area (Å²) in [5.41, 5.74) is 5.85. The van der Waals surface area contributed by atoms with Crippen molar-refractivity contribution in [3.8, 4) is 6.19 Å². The molecule has 25 heavy (non-hydrogen) atoms. The van der Waals surface area contributed by atoms with Crippen molar-refractivity contribution < 1.29 is 17.6 Å². The third-order valence-corrected chi connectivity index (χ3v) is 3.45. The first-order valence-electron chi connectivity index (χ1n) is 7.36. The van der Waals surface area contributed by atoms with E-state index in [0.29, 0.717) is 17.2 Å². The minimum absolute atomic E-state index is 0.194. The molecule has 0 aliphatic rings. The van der Waals surface area contributed by atoms with Crippen LogP contribution in [-0.2, 0) is 13.1 Å². The van der Waals surface area contributed by atoms with E-state index in [1.54, 1.807) is 19.2 Å². The van der Waals surface area contributed by atoms with Crippen LogP contribution in [0.2, 0.25) is 0 Å². The topological polar surface area (TPSA) is 61.6 Å². The van der Waals surface area contributed by atoms with Gasteiger partial charge in [-0.05, 0) is 57.9 Å². The van der Waals surface area contributed by atoms with Crippen molar-refractivity contribution >= 4 is 37.3 Å². The number of hydrogen-bond donors (Lipinski definition) is 0. The Morgan fingerprint density at radius 1 is 1.04 bits per heavy atom. The number of nitrogens with zero attached hydrogens (tertiary/aromatic N) is 3. The quantitative estimate of drug-likeness (QED) is 0.347. The zero-order valence-corrected chi connectivity index (χ0v) is 17.3. The van der Waals surface area contributed by atoms with Gasteiger partial charge in [-0.15, -0.1) is 0 Å². The number of aryl methyl sites for hydroxylation is 3. The normalized spacial score (nSPS) is 11.8. The molecule has 0 spiro atoms. The second-order valence-electron chi connectivity index (χ2n) is 5.46. The third-order valence-electron chi connectivity index (χ3n) is 3.45.